The van der Waals surface area contributed by atoms with E-state index in [2.05, 4.69) is 6.92 Å². The zero-order chi connectivity index (χ0) is 10.8. The average Bonchev–Trinajstić information content (AvgIpc) is 2.20. The van der Waals surface area contributed by atoms with Gasteiger partial charge in [0.2, 0.25) is 0 Å². The maximum Gasteiger partial charge on any atom is 0.169 e. The van der Waals surface area contributed by atoms with Crippen molar-refractivity contribution in [2.24, 2.45) is 0 Å². The van der Waals surface area contributed by atoms with E-state index in [1.54, 1.807) is 23.5 Å². The van der Waals surface area contributed by atoms with Crippen molar-refractivity contribution in [3.8, 4) is 0 Å². The van der Waals surface area contributed by atoms with Crippen molar-refractivity contribution >= 4 is 29.3 Å². The van der Waals surface area contributed by atoms with Gasteiger partial charge in [0.25, 0.3) is 0 Å². The van der Waals surface area contributed by atoms with Gasteiger partial charge >= 0.3 is 0 Å². The zero-order valence-electron chi connectivity index (χ0n) is 9.34. The van der Waals surface area contributed by atoms with Crippen LogP contribution in [0.3, 0.4) is 0 Å². The molecule has 0 aliphatic carbocycles. The lowest BCUT2D eigenvalue weighted by Gasteiger charge is -2.02. The summed E-state index contributed by atoms with van der Waals surface area (Å²) in [5.41, 5.74) is 0. The second-order valence-corrected chi connectivity index (χ2v) is 4.71. The second kappa shape index (κ2) is 9.66. The average molecular weight is 232 g/mol. The van der Waals surface area contributed by atoms with Crippen molar-refractivity contribution in [1.82, 2.24) is 0 Å². The van der Waals surface area contributed by atoms with E-state index in [0.29, 0.717) is 12.2 Å². The number of thioether (sulfide) groups is 2. The van der Waals surface area contributed by atoms with Crippen LogP contribution in [0.1, 0.15) is 39.0 Å². The van der Waals surface area contributed by atoms with E-state index in [1.165, 1.54) is 19.3 Å². The van der Waals surface area contributed by atoms with Gasteiger partial charge < -0.3 is 0 Å². The Morgan fingerprint density at radius 1 is 1.21 bits per heavy atom. The van der Waals surface area contributed by atoms with E-state index < -0.39 is 0 Å². The molecule has 0 radical (unpaired) electrons. The molecule has 0 bridgehead atoms. The molecule has 0 N–H and O–H groups in total. The molecule has 0 aromatic carbocycles. The number of unbranched alkanes of at least 4 members (excludes halogenated alkanes) is 3. The van der Waals surface area contributed by atoms with Gasteiger partial charge in [-0.15, -0.1) is 23.5 Å². The minimum absolute atomic E-state index is 0.308. The van der Waals surface area contributed by atoms with Gasteiger partial charge in [0.05, 0.1) is 4.91 Å². The van der Waals surface area contributed by atoms with Crippen LogP contribution < -0.4 is 0 Å². The molecular weight excluding hydrogens is 212 g/mol. The number of hydrogen-bond donors (Lipinski definition) is 0. The van der Waals surface area contributed by atoms with Crippen molar-refractivity contribution in [1.29, 1.82) is 0 Å². The van der Waals surface area contributed by atoms with Crippen molar-refractivity contribution in [3.63, 3.8) is 0 Å². The molecule has 3 heteroatoms. The van der Waals surface area contributed by atoms with E-state index in [1.807, 2.05) is 17.9 Å². The van der Waals surface area contributed by atoms with Crippen LogP contribution in [0.5, 0.6) is 0 Å². The molecule has 0 aliphatic heterocycles. The van der Waals surface area contributed by atoms with E-state index in [9.17, 15) is 4.79 Å². The van der Waals surface area contributed by atoms with Crippen LogP contribution in [0.15, 0.2) is 10.3 Å². The number of hydrogen-bond acceptors (Lipinski definition) is 3. The molecule has 0 aliphatic rings. The number of allylic oxidation sites excluding steroid dienone is 1. The molecule has 0 spiro atoms. The smallest absolute Gasteiger partial charge is 0.169 e. The molecular formula is C11H20OS2. The third-order valence-electron chi connectivity index (χ3n) is 1.98. The maximum absolute atomic E-state index is 11.6. The molecule has 0 atom stereocenters. The van der Waals surface area contributed by atoms with Gasteiger partial charge in [-0.1, -0.05) is 26.2 Å². The molecule has 82 valence electrons. The summed E-state index contributed by atoms with van der Waals surface area (Å²) < 4.78 is 0. The number of rotatable bonds is 8. The fourth-order valence-electron chi connectivity index (χ4n) is 1.17. The van der Waals surface area contributed by atoms with Gasteiger partial charge in [-0.25, -0.2) is 0 Å². The predicted molar refractivity (Wildman–Crippen MR) is 68.9 cm³/mol. The number of carbonyl (C=O) groups is 1. The summed E-state index contributed by atoms with van der Waals surface area (Å²) in [4.78, 5) is 12.5. The Morgan fingerprint density at radius 2 is 1.93 bits per heavy atom. The van der Waals surface area contributed by atoms with Gasteiger partial charge in [-0.3, -0.25) is 4.79 Å². The molecule has 0 fully saturated rings. The molecule has 0 heterocycles. The Kier molecular flexibility index (Phi) is 9.73. The van der Waals surface area contributed by atoms with Crippen LogP contribution in [-0.4, -0.2) is 18.3 Å². The molecule has 0 unspecified atom stereocenters. The summed E-state index contributed by atoms with van der Waals surface area (Å²) in [6, 6.07) is 0. The van der Waals surface area contributed by atoms with Crippen molar-refractivity contribution in [3.05, 3.63) is 10.3 Å². The van der Waals surface area contributed by atoms with Gasteiger partial charge in [-0.2, -0.15) is 0 Å². The van der Waals surface area contributed by atoms with E-state index in [0.717, 1.165) is 11.3 Å². The van der Waals surface area contributed by atoms with Crippen molar-refractivity contribution < 1.29 is 4.79 Å². The Balaban J connectivity index is 3.76. The van der Waals surface area contributed by atoms with Gasteiger partial charge in [0, 0.05) is 6.42 Å². The first-order chi connectivity index (χ1) is 6.76. The first-order valence-corrected chi connectivity index (χ1v) is 7.57. The number of ketones is 1. The second-order valence-electron chi connectivity index (χ2n) is 3.16. The zero-order valence-corrected chi connectivity index (χ0v) is 11.0. The van der Waals surface area contributed by atoms with E-state index >= 15 is 0 Å². The first-order valence-electron chi connectivity index (χ1n) is 5.06. The molecule has 0 saturated heterocycles. The molecule has 0 rings (SSSR count). The highest BCUT2D eigenvalue weighted by atomic mass is 32.2. The van der Waals surface area contributed by atoms with Crippen LogP contribution in [0.2, 0.25) is 0 Å². The van der Waals surface area contributed by atoms with Gasteiger partial charge in [-0.05, 0) is 24.3 Å². The topological polar surface area (TPSA) is 17.1 Å². The monoisotopic (exact) mass is 232 g/mol. The largest absolute Gasteiger partial charge is 0.294 e. The fraction of sp³-hybridized carbons (Fsp3) is 0.727. The lowest BCUT2D eigenvalue weighted by molar-refractivity contribution is -0.115. The molecule has 0 aromatic rings. The third-order valence-corrected chi connectivity index (χ3v) is 3.38. The summed E-state index contributed by atoms with van der Waals surface area (Å²) in [5, 5.41) is 1.95. The molecule has 0 aromatic heterocycles. The SMILES string of the molecule is CCCCCCC(=O)/C(=C/SC)SC. The van der Waals surface area contributed by atoms with Crippen LogP contribution >= 0.6 is 23.5 Å². The number of Topliss-reactive ketones (excluding diaryl/α,β-unsaturated/α-hetero) is 1. The lowest BCUT2D eigenvalue weighted by atomic mass is 10.1. The Morgan fingerprint density at radius 3 is 2.43 bits per heavy atom. The fourth-order valence-corrected chi connectivity index (χ4v) is 2.52. The Bertz CT molecular complexity index is 188. The van der Waals surface area contributed by atoms with Crippen molar-refractivity contribution in [2.45, 2.75) is 39.0 Å². The minimum atomic E-state index is 0.308. The summed E-state index contributed by atoms with van der Waals surface area (Å²) in [6.45, 7) is 2.18. The highest BCUT2D eigenvalue weighted by Crippen LogP contribution is 2.19. The summed E-state index contributed by atoms with van der Waals surface area (Å²) in [5.74, 6) is 0.308. The maximum atomic E-state index is 11.6. The molecule has 1 nitrogen and oxygen atoms in total. The van der Waals surface area contributed by atoms with Gasteiger partial charge in [0.15, 0.2) is 5.78 Å². The van der Waals surface area contributed by atoms with Crippen LogP contribution in [0.25, 0.3) is 0 Å². The molecule has 14 heavy (non-hydrogen) atoms. The summed E-state index contributed by atoms with van der Waals surface area (Å²) in [6.07, 6.45) is 9.36. The van der Waals surface area contributed by atoms with Gasteiger partial charge in [0.1, 0.15) is 0 Å². The standard InChI is InChI=1S/C11H20OS2/c1-4-5-6-7-8-10(12)11(14-3)9-13-2/h9H,4-8H2,1-3H3/b11-9-. The highest BCUT2D eigenvalue weighted by molar-refractivity contribution is 8.06. The molecule has 0 saturated carbocycles. The Labute approximate surface area is 96.1 Å². The first kappa shape index (κ1) is 14.1. The molecule has 0 amide bonds. The highest BCUT2D eigenvalue weighted by Gasteiger charge is 2.06. The van der Waals surface area contributed by atoms with E-state index in [4.69, 9.17) is 0 Å². The van der Waals surface area contributed by atoms with Crippen LogP contribution in [-0.2, 0) is 4.79 Å². The summed E-state index contributed by atoms with van der Waals surface area (Å²) in [7, 11) is 0. The Hall–Kier alpha value is 0.110. The normalized spacial score (nSPS) is 11.8. The third kappa shape index (κ3) is 6.55. The predicted octanol–water partition coefficient (Wildman–Crippen LogP) is 4.09. The quantitative estimate of drug-likeness (QED) is 0.463. The minimum Gasteiger partial charge on any atom is -0.294 e. The van der Waals surface area contributed by atoms with E-state index in [-0.39, 0.29) is 0 Å². The lowest BCUT2D eigenvalue weighted by Crippen LogP contribution is -1.98. The van der Waals surface area contributed by atoms with Crippen molar-refractivity contribution in [2.75, 3.05) is 12.5 Å². The number of carbonyl (C=O) groups excluding carboxylic acids is 1. The summed E-state index contributed by atoms with van der Waals surface area (Å²) >= 11 is 3.16. The van der Waals surface area contributed by atoms with Crippen LogP contribution in [0.4, 0.5) is 0 Å². The van der Waals surface area contributed by atoms with Crippen LogP contribution in [0, 0.1) is 0 Å².